The van der Waals surface area contributed by atoms with Crippen LogP contribution >= 0.6 is 0 Å². The molecule has 1 aliphatic rings. The molecule has 0 aliphatic carbocycles. The topological polar surface area (TPSA) is 50.3 Å². The van der Waals surface area contributed by atoms with Gasteiger partial charge in [0.25, 0.3) is 0 Å². The Balaban J connectivity index is 1.91. The lowest BCUT2D eigenvalue weighted by Crippen LogP contribution is -2.45. The molecule has 1 saturated heterocycles. The third kappa shape index (κ3) is 4.04. The number of hydrogen-bond donors (Lipinski definition) is 1. The first kappa shape index (κ1) is 15.0. The minimum Gasteiger partial charge on any atom is -0.374 e. The molecule has 2 heterocycles. The summed E-state index contributed by atoms with van der Waals surface area (Å²) in [4.78, 5) is 9.46. The van der Waals surface area contributed by atoms with Crippen LogP contribution in [-0.2, 0) is 10.9 Å². The number of rotatable bonds is 4. The van der Waals surface area contributed by atoms with Gasteiger partial charge in [0.1, 0.15) is 5.69 Å². The molecular formula is C12H17F3N4O. The van der Waals surface area contributed by atoms with E-state index < -0.39 is 11.9 Å². The highest BCUT2D eigenvalue weighted by Gasteiger charge is 2.32. The zero-order chi connectivity index (χ0) is 14.6. The van der Waals surface area contributed by atoms with Crippen LogP contribution in [0, 0.1) is 0 Å². The Labute approximate surface area is 115 Å². The second kappa shape index (κ2) is 6.36. The molecule has 112 valence electrons. The molecule has 2 rings (SSSR count). The van der Waals surface area contributed by atoms with Gasteiger partial charge in [-0.25, -0.2) is 9.97 Å². The number of halogens is 3. The van der Waals surface area contributed by atoms with Gasteiger partial charge < -0.3 is 10.1 Å². The lowest BCUT2D eigenvalue weighted by molar-refractivity contribution is -0.141. The highest BCUT2D eigenvalue weighted by atomic mass is 19.4. The normalized spacial score (nSPS) is 20.9. The van der Waals surface area contributed by atoms with Crippen molar-refractivity contribution in [2.45, 2.75) is 19.2 Å². The smallest absolute Gasteiger partial charge is 0.374 e. The SMILES string of the molecule is CCN1CCO[C@@H](CNc2nccc(C(F)(F)F)n2)C1. The van der Waals surface area contributed by atoms with E-state index in [4.69, 9.17) is 4.74 Å². The van der Waals surface area contributed by atoms with Crippen molar-refractivity contribution in [2.75, 3.05) is 38.1 Å². The molecule has 8 heteroatoms. The summed E-state index contributed by atoms with van der Waals surface area (Å²) >= 11 is 0. The molecule has 1 aromatic rings. The van der Waals surface area contributed by atoms with Gasteiger partial charge in [-0.1, -0.05) is 6.92 Å². The fraction of sp³-hybridized carbons (Fsp3) is 0.667. The van der Waals surface area contributed by atoms with Gasteiger partial charge in [0.2, 0.25) is 5.95 Å². The van der Waals surface area contributed by atoms with Gasteiger partial charge in [0.15, 0.2) is 0 Å². The Hall–Kier alpha value is -1.41. The molecule has 0 bridgehead atoms. The molecular weight excluding hydrogens is 273 g/mol. The molecule has 0 spiro atoms. The highest BCUT2D eigenvalue weighted by Crippen LogP contribution is 2.27. The average Bonchev–Trinajstić information content (AvgIpc) is 2.45. The summed E-state index contributed by atoms with van der Waals surface area (Å²) in [5.41, 5.74) is -0.949. The van der Waals surface area contributed by atoms with Gasteiger partial charge in [0, 0.05) is 25.8 Å². The summed E-state index contributed by atoms with van der Waals surface area (Å²) in [5.74, 6) is -0.0305. The van der Waals surface area contributed by atoms with Gasteiger partial charge in [-0.3, -0.25) is 4.90 Å². The third-order valence-corrected chi connectivity index (χ3v) is 3.10. The predicted molar refractivity (Wildman–Crippen MR) is 67.4 cm³/mol. The molecule has 0 radical (unpaired) electrons. The van der Waals surface area contributed by atoms with E-state index in [0.29, 0.717) is 13.2 Å². The van der Waals surface area contributed by atoms with Crippen LogP contribution in [0.4, 0.5) is 19.1 Å². The minimum absolute atomic E-state index is 0.0305. The number of aromatic nitrogens is 2. The first-order valence-electron chi connectivity index (χ1n) is 6.47. The van der Waals surface area contributed by atoms with Crippen molar-refractivity contribution in [3.63, 3.8) is 0 Å². The van der Waals surface area contributed by atoms with E-state index in [0.717, 1.165) is 31.9 Å². The summed E-state index contributed by atoms with van der Waals surface area (Å²) in [7, 11) is 0. The predicted octanol–water partition coefficient (Wildman–Crippen LogP) is 1.63. The molecule has 1 atom stereocenters. The maximum atomic E-state index is 12.5. The summed E-state index contributed by atoms with van der Waals surface area (Å²) in [6.07, 6.45) is -3.43. The van der Waals surface area contributed by atoms with E-state index in [2.05, 4.69) is 27.1 Å². The Morgan fingerprint density at radius 1 is 1.50 bits per heavy atom. The van der Waals surface area contributed by atoms with Gasteiger partial charge in [-0.15, -0.1) is 0 Å². The van der Waals surface area contributed by atoms with Crippen LogP contribution in [-0.4, -0.2) is 53.8 Å². The van der Waals surface area contributed by atoms with Gasteiger partial charge in [0.05, 0.1) is 12.7 Å². The summed E-state index contributed by atoms with van der Waals surface area (Å²) in [5, 5.41) is 2.80. The fourth-order valence-corrected chi connectivity index (χ4v) is 2.00. The van der Waals surface area contributed by atoms with Gasteiger partial charge >= 0.3 is 6.18 Å². The molecule has 0 saturated carbocycles. The van der Waals surface area contributed by atoms with Crippen molar-refractivity contribution in [1.82, 2.24) is 14.9 Å². The number of anilines is 1. The minimum atomic E-state index is -4.46. The molecule has 5 nitrogen and oxygen atoms in total. The zero-order valence-electron chi connectivity index (χ0n) is 11.2. The second-order valence-corrected chi connectivity index (χ2v) is 4.53. The van der Waals surface area contributed by atoms with E-state index in [-0.39, 0.29) is 12.1 Å². The monoisotopic (exact) mass is 290 g/mol. The highest BCUT2D eigenvalue weighted by molar-refractivity contribution is 5.26. The van der Waals surface area contributed by atoms with Crippen LogP contribution in [0.25, 0.3) is 0 Å². The average molecular weight is 290 g/mol. The summed E-state index contributed by atoms with van der Waals surface area (Å²) in [6.45, 7) is 5.64. The maximum absolute atomic E-state index is 12.5. The van der Waals surface area contributed by atoms with Crippen molar-refractivity contribution < 1.29 is 17.9 Å². The van der Waals surface area contributed by atoms with E-state index >= 15 is 0 Å². The van der Waals surface area contributed by atoms with E-state index in [1.165, 1.54) is 0 Å². The molecule has 0 aromatic carbocycles. The third-order valence-electron chi connectivity index (χ3n) is 3.10. The lowest BCUT2D eigenvalue weighted by Gasteiger charge is -2.32. The standard InChI is InChI=1S/C12H17F3N4O/c1-2-19-5-6-20-9(8-19)7-17-11-16-4-3-10(18-11)12(13,14)15/h3-4,9H,2,5-8H2,1H3,(H,16,17,18)/t9-/m0/s1. The number of likely N-dealkylation sites (N-methyl/N-ethyl adjacent to an activating group) is 1. The number of alkyl halides is 3. The largest absolute Gasteiger partial charge is 0.433 e. The van der Waals surface area contributed by atoms with Crippen LogP contribution in [0.3, 0.4) is 0 Å². The van der Waals surface area contributed by atoms with Gasteiger partial charge in [-0.2, -0.15) is 13.2 Å². The lowest BCUT2D eigenvalue weighted by atomic mass is 10.2. The fourth-order valence-electron chi connectivity index (χ4n) is 2.00. The Morgan fingerprint density at radius 3 is 3.00 bits per heavy atom. The summed E-state index contributed by atoms with van der Waals surface area (Å²) in [6, 6.07) is 0.848. The van der Waals surface area contributed by atoms with Crippen molar-refractivity contribution >= 4 is 5.95 Å². The molecule has 1 N–H and O–H groups in total. The number of morpholine rings is 1. The van der Waals surface area contributed by atoms with Crippen LogP contribution in [0.2, 0.25) is 0 Å². The van der Waals surface area contributed by atoms with Crippen molar-refractivity contribution in [2.24, 2.45) is 0 Å². The van der Waals surface area contributed by atoms with Crippen molar-refractivity contribution in [3.8, 4) is 0 Å². The quantitative estimate of drug-likeness (QED) is 0.913. The number of hydrogen-bond acceptors (Lipinski definition) is 5. The Morgan fingerprint density at radius 2 is 2.30 bits per heavy atom. The number of nitrogens with zero attached hydrogens (tertiary/aromatic N) is 3. The number of ether oxygens (including phenoxy) is 1. The van der Waals surface area contributed by atoms with E-state index in [9.17, 15) is 13.2 Å². The van der Waals surface area contributed by atoms with Crippen LogP contribution in [0.15, 0.2) is 12.3 Å². The summed E-state index contributed by atoms with van der Waals surface area (Å²) < 4.78 is 43.1. The van der Waals surface area contributed by atoms with Crippen LogP contribution in [0.5, 0.6) is 0 Å². The van der Waals surface area contributed by atoms with E-state index in [1.807, 2.05) is 0 Å². The molecule has 1 aliphatic heterocycles. The van der Waals surface area contributed by atoms with Crippen LogP contribution < -0.4 is 5.32 Å². The molecule has 20 heavy (non-hydrogen) atoms. The zero-order valence-corrected chi connectivity index (χ0v) is 11.2. The second-order valence-electron chi connectivity index (χ2n) is 4.53. The molecule has 0 amide bonds. The Bertz CT molecular complexity index is 441. The maximum Gasteiger partial charge on any atom is 0.433 e. The van der Waals surface area contributed by atoms with E-state index in [1.54, 1.807) is 0 Å². The first-order chi connectivity index (χ1) is 9.49. The first-order valence-corrected chi connectivity index (χ1v) is 6.47. The van der Waals surface area contributed by atoms with Crippen molar-refractivity contribution in [1.29, 1.82) is 0 Å². The van der Waals surface area contributed by atoms with Gasteiger partial charge in [-0.05, 0) is 12.6 Å². The molecule has 1 fully saturated rings. The van der Waals surface area contributed by atoms with Crippen molar-refractivity contribution in [3.05, 3.63) is 18.0 Å². The molecule has 0 unspecified atom stereocenters. The Kier molecular flexibility index (Phi) is 4.77. The number of nitrogens with one attached hydrogen (secondary N) is 1. The van der Waals surface area contributed by atoms with Crippen LogP contribution in [0.1, 0.15) is 12.6 Å². The molecule has 1 aromatic heterocycles.